The van der Waals surface area contributed by atoms with Crippen LogP contribution in [0.2, 0.25) is 0 Å². The molecule has 0 radical (unpaired) electrons. The number of nitrogens with one attached hydrogen (secondary N) is 1. The first-order chi connectivity index (χ1) is 14.9. The van der Waals surface area contributed by atoms with E-state index in [-0.39, 0.29) is 23.1 Å². The van der Waals surface area contributed by atoms with E-state index in [0.29, 0.717) is 5.69 Å². The lowest BCUT2D eigenvalue weighted by molar-refractivity contribution is -0.121. The van der Waals surface area contributed by atoms with Crippen LogP contribution in [0.5, 0.6) is 0 Å². The van der Waals surface area contributed by atoms with Crippen molar-refractivity contribution < 1.29 is 19.5 Å². The lowest BCUT2D eigenvalue weighted by Crippen LogP contribution is -2.31. The number of amides is 2. The first kappa shape index (κ1) is 20.4. The Morgan fingerprint density at radius 1 is 1.19 bits per heavy atom. The average molecular weight is 435 g/mol. The van der Waals surface area contributed by atoms with Crippen molar-refractivity contribution in [2.24, 2.45) is 15.9 Å². The number of nitrogens with zero attached hydrogens (tertiary/aromatic N) is 3. The van der Waals surface area contributed by atoms with E-state index in [1.807, 2.05) is 24.3 Å². The predicted octanol–water partition coefficient (Wildman–Crippen LogP) is 2.58. The van der Waals surface area contributed by atoms with Gasteiger partial charge in [-0.25, -0.2) is 9.69 Å². The number of carbonyl (C=O) groups is 3. The number of benzene rings is 2. The van der Waals surface area contributed by atoms with Crippen LogP contribution in [0.25, 0.3) is 10.9 Å². The average Bonchev–Trinajstić information content (AvgIpc) is 3.28. The van der Waals surface area contributed by atoms with Gasteiger partial charge in [-0.3, -0.25) is 9.59 Å². The Kier molecular flexibility index (Phi) is 5.54. The number of nitrogens with two attached hydrogens (primary N) is 1. The minimum Gasteiger partial charge on any atom is -0.478 e. The molecule has 2 amide bonds. The highest BCUT2D eigenvalue weighted by molar-refractivity contribution is 8.14. The molecule has 4 N–H and O–H groups in total. The van der Waals surface area contributed by atoms with E-state index >= 15 is 0 Å². The molecule has 3 aromatic rings. The number of aromatic carboxylic acids is 1. The number of thioether (sulfide) groups is 1. The number of anilines is 1. The molecule has 1 fully saturated rings. The Labute approximate surface area is 180 Å². The van der Waals surface area contributed by atoms with Gasteiger partial charge in [-0.05, 0) is 30.3 Å². The summed E-state index contributed by atoms with van der Waals surface area (Å²) in [4.78, 5) is 40.2. The molecule has 0 spiro atoms. The van der Waals surface area contributed by atoms with Crippen LogP contribution in [0.3, 0.4) is 0 Å². The quantitative estimate of drug-likeness (QED) is 0.243. The molecular formula is C21H17N5O4S. The number of aromatic nitrogens is 1. The molecule has 2 aromatic carbocycles. The largest absolute Gasteiger partial charge is 0.478 e. The van der Waals surface area contributed by atoms with Crippen LogP contribution < -0.4 is 10.6 Å². The molecule has 0 bridgehead atoms. The number of para-hydroxylation sites is 1. The second kappa shape index (κ2) is 8.44. The summed E-state index contributed by atoms with van der Waals surface area (Å²) < 4.78 is 0. The number of carbonyl (C=O) groups excluding carboxylic acids is 2. The van der Waals surface area contributed by atoms with Crippen LogP contribution in [-0.2, 0) is 9.59 Å². The SMILES string of the molecule is NC(=N/N=C\c1c[nH]c2ccccc12)S[C@H]1CC(=O)N(c2ccc(C(=O)O)cc2)C1=O. The lowest BCUT2D eigenvalue weighted by Gasteiger charge is -2.14. The van der Waals surface area contributed by atoms with Gasteiger partial charge >= 0.3 is 5.97 Å². The van der Waals surface area contributed by atoms with Gasteiger partial charge in [-0.1, -0.05) is 30.0 Å². The van der Waals surface area contributed by atoms with Crippen molar-refractivity contribution in [2.45, 2.75) is 11.7 Å². The Morgan fingerprint density at radius 3 is 2.68 bits per heavy atom. The third-order valence-electron chi connectivity index (χ3n) is 4.72. The van der Waals surface area contributed by atoms with E-state index in [4.69, 9.17) is 10.8 Å². The minimum absolute atomic E-state index is 0.0352. The molecular weight excluding hydrogens is 418 g/mol. The lowest BCUT2D eigenvalue weighted by atomic mass is 10.2. The zero-order valence-corrected chi connectivity index (χ0v) is 16.9. The molecule has 0 saturated carbocycles. The molecule has 1 aromatic heterocycles. The highest BCUT2D eigenvalue weighted by Gasteiger charge is 2.40. The van der Waals surface area contributed by atoms with Crippen molar-refractivity contribution in [3.8, 4) is 0 Å². The first-order valence-electron chi connectivity index (χ1n) is 9.23. The van der Waals surface area contributed by atoms with Crippen molar-refractivity contribution >= 4 is 57.5 Å². The van der Waals surface area contributed by atoms with Gasteiger partial charge in [0.25, 0.3) is 0 Å². The number of hydrogen-bond donors (Lipinski definition) is 3. The summed E-state index contributed by atoms with van der Waals surface area (Å²) >= 11 is 0.966. The number of carboxylic acids is 1. The highest BCUT2D eigenvalue weighted by Crippen LogP contribution is 2.30. The maximum absolute atomic E-state index is 12.7. The smallest absolute Gasteiger partial charge is 0.335 e. The van der Waals surface area contributed by atoms with Crippen molar-refractivity contribution in [3.05, 3.63) is 65.9 Å². The summed E-state index contributed by atoms with van der Waals surface area (Å²) in [7, 11) is 0. The van der Waals surface area contributed by atoms with E-state index in [9.17, 15) is 14.4 Å². The van der Waals surface area contributed by atoms with Gasteiger partial charge < -0.3 is 15.8 Å². The molecule has 1 aliphatic rings. The highest BCUT2D eigenvalue weighted by atomic mass is 32.2. The van der Waals surface area contributed by atoms with Crippen LogP contribution in [-0.4, -0.2) is 44.5 Å². The second-order valence-electron chi connectivity index (χ2n) is 6.70. The Balaban J connectivity index is 1.43. The van der Waals surface area contributed by atoms with Gasteiger partial charge in [0.15, 0.2) is 5.17 Å². The second-order valence-corrected chi connectivity index (χ2v) is 7.93. The van der Waals surface area contributed by atoms with Crippen LogP contribution in [0.1, 0.15) is 22.3 Å². The van der Waals surface area contributed by atoms with Gasteiger partial charge in [0.05, 0.1) is 17.5 Å². The van der Waals surface area contributed by atoms with Crippen LogP contribution in [0, 0.1) is 0 Å². The van der Waals surface area contributed by atoms with Gasteiger partial charge in [0.1, 0.15) is 5.25 Å². The first-order valence-corrected chi connectivity index (χ1v) is 10.1. The Hall–Kier alpha value is -3.92. The number of H-pyrrole nitrogens is 1. The van der Waals surface area contributed by atoms with Gasteiger partial charge in [-0.15, -0.1) is 5.10 Å². The molecule has 4 rings (SSSR count). The predicted molar refractivity (Wildman–Crippen MR) is 119 cm³/mol. The zero-order chi connectivity index (χ0) is 22.0. The minimum atomic E-state index is -1.09. The maximum atomic E-state index is 12.7. The molecule has 2 heterocycles. The van der Waals surface area contributed by atoms with Crippen molar-refractivity contribution in [2.75, 3.05) is 4.90 Å². The molecule has 156 valence electrons. The molecule has 1 atom stereocenters. The topological polar surface area (TPSA) is 141 Å². The molecule has 0 unspecified atom stereocenters. The zero-order valence-electron chi connectivity index (χ0n) is 16.1. The van der Waals surface area contributed by atoms with Crippen molar-refractivity contribution in [1.82, 2.24) is 4.98 Å². The summed E-state index contributed by atoms with van der Waals surface area (Å²) in [6.07, 6.45) is 3.33. The summed E-state index contributed by atoms with van der Waals surface area (Å²) in [6.45, 7) is 0. The van der Waals surface area contributed by atoms with E-state index in [1.165, 1.54) is 24.3 Å². The third kappa shape index (κ3) is 4.19. The number of amidine groups is 1. The standard InChI is InChI=1S/C21H17N5O4S/c22-21(25-24-11-13-10-23-16-4-2-1-3-15(13)16)31-17-9-18(27)26(19(17)28)14-7-5-12(6-8-14)20(29)30/h1-8,10-11,17,23H,9H2,(H2,22,25)(H,29,30)/b24-11-/t17-/m0/s1. The Bertz CT molecular complexity index is 1230. The third-order valence-corrected chi connectivity index (χ3v) is 5.69. The number of hydrogen-bond acceptors (Lipinski definition) is 6. The number of fused-ring (bicyclic) bond motifs is 1. The van der Waals surface area contributed by atoms with E-state index in [1.54, 1.807) is 12.4 Å². The summed E-state index contributed by atoms with van der Waals surface area (Å²) in [5.74, 6) is -1.91. The maximum Gasteiger partial charge on any atom is 0.335 e. The molecule has 31 heavy (non-hydrogen) atoms. The van der Waals surface area contributed by atoms with Crippen molar-refractivity contribution in [3.63, 3.8) is 0 Å². The molecule has 0 aliphatic carbocycles. The fraction of sp³-hybridized carbons (Fsp3) is 0.0952. The van der Waals surface area contributed by atoms with Gasteiger partial charge in [0, 0.05) is 29.1 Å². The summed E-state index contributed by atoms with van der Waals surface area (Å²) in [5.41, 5.74) is 8.10. The Morgan fingerprint density at radius 2 is 1.94 bits per heavy atom. The molecule has 10 heteroatoms. The van der Waals surface area contributed by atoms with Gasteiger partial charge in [-0.2, -0.15) is 5.10 Å². The molecule has 9 nitrogen and oxygen atoms in total. The van der Waals surface area contributed by atoms with E-state index in [0.717, 1.165) is 33.1 Å². The number of imide groups is 1. The fourth-order valence-corrected chi connectivity index (χ4v) is 4.06. The van der Waals surface area contributed by atoms with Crippen LogP contribution >= 0.6 is 11.8 Å². The number of carboxylic acid groups (broad SMARTS) is 1. The summed E-state index contributed by atoms with van der Waals surface area (Å²) in [6, 6.07) is 13.3. The molecule has 1 saturated heterocycles. The van der Waals surface area contributed by atoms with Crippen molar-refractivity contribution in [1.29, 1.82) is 0 Å². The fourth-order valence-electron chi connectivity index (χ4n) is 3.24. The number of aromatic amines is 1. The van der Waals surface area contributed by atoms with E-state index < -0.39 is 17.1 Å². The van der Waals surface area contributed by atoms with E-state index in [2.05, 4.69) is 15.2 Å². The molecule has 1 aliphatic heterocycles. The van der Waals surface area contributed by atoms with Crippen LogP contribution in [0.15, 0.2) is 64.9 Å². The normalized spacial score (nSPS) is 17.2. The van der Waals surface area contributed by atoms with Crippen LogP contribution in [0.4, 0.5) is 5.69 Å². The van der Waals surface area contributed by atoms with Gasteiger partial charge in [0.2, 0.25) is 11.8 Å². The summed E-state index contributed by atoms with van der Waals surface area (Å²) in [5, 5.41) is 17.2. The monoisotopic (exact) mass is 435 g/mol. The number of rotatable bonds is 5.